The van der Waals surface area contributed by atoms with Gasteiger partial charge in [0.15, 0.2) is 0 Å². The molecule has 0 aromatic heterocycles. The highest BCUT2D eigenvalue weighted by Gasteiger charge is 2.59. The van der Waals surface area contributed by atoms with E-state index in [0.717, 1.165) is 6.42 Å². The molecule has 0 spiro atoms. The van der Waals surface area contributed by atoms with Gasteiger partial charge >= 0.3 is 0 Å². The molecule has 3 aliphatic rings. The standard InChI is InChI=1S/C23H15N3O3/c24-11-15-3-6-19(10-16(15)12-25)29-18-7-4-17(5-8-18)26-22(27)20-13-1-2-14(9-13)21(20)23(26)28/h1-8,10,13-14,20-21H,9H2/t13-,14+,20-,21-/m0/s1. The molecule has 140 valence electrons. The van der Waals surface area contributed by atoms with Crippen molar-refractivity contribution in [1.82, 2.24) is 0 Å². The summed E-state index contributed by atoms with van der Waals surface area (Å²) in [5.41, 5.74) is 1.07. The number of anilines is 1. The third kappa shape index (κ3) is 2.54. The van der Waals surface area contributed by atoms with Crippen LogP contribution in [0.1, 0.15) is 17.5 Å². The lowest BCUT2D eigenvalue weighted by molar-refractivity contribution is -0.123. The summed E-state index contributed by atoms with van der Waals surface area (Å²) in [5, 5.41) is 18.1. The Bertz CT molecular complexity index is 1120. The Labute approximate surface area is 167 Å². The Morgan fingerprint density at radius 1 is 0.828 bits per heavy atom. The number of hydrogen-bond donors (Lipinski definition) is 0. The SMILES string of the molecule is N#Cc1ccc(Oc2ccc(N3C(=O)[C@@H]4[C@@H](C3=O)[C@H]3C=C[C@@H]4C3)cc2)cc1C#N. The predicted octanol–water partition coefficient (Wildman–Crippen LogP) is 3.53. The van der Waals surface area contributed by atoms with E-state index in [1.165, 1.54) is 17.0 Å². The maximum absolute atomic E-state index is 12.9. The van der Waals surface area contributed by atoms with Crippen molar-refractivity contribution < 1.29 is 14.3 Å². The van der Waals surface area contributed by atoms with Crippen molar-refractivity contribution in [2.45, 2.75) is 6.42 Å². The summed E-state index contributed by atoms with van der Waals surface area (Å²) in [6, 6.07) is 15.3. The van der Waals surface area contributed by atoms with Gasteiger partial charge in [-0.05, 0) is 60.7 Å². The molecule has 1 saturated heterocycles. The Morgan fingerprint density at radius 3 is 2.00 bits per heavy atom. The molecule has 2 bridgehead atoms. The van der Waals surface area contributed by atoms with Crippen molar-refractivity contribution in [3.05, 3.63) is 65.7 Å². The van der Waals surface area contributed by atoms with E-state index in [-0.39, 0.29) is 46.6 Å². The van der Waals surface area contributed by atoms with Crippen LogP contribution < -0.4 is 9.64 Å². The fourth-order valence-corrected chi connectivity index (χ4v) is 4.73. The van der Waals surface area contributed by atoms with Gasteiger partial charge in [0, 0.05) is 0 Å². The van der Waals surface area contributed by atoms with Gasteiger partial charge in [0.25, 0.3) is 0 Å². The van der Waals surface area contributed by atoms with E-state index in [2.05, 4.69) is 12.2 Å². The third-order valence-corrected chi connectivity index (χ3v) is 6.03. The molecule has 0 radical (unpaired) electrons. The summed E-state index contributed by atoms with van der Waals surface area (Å²) in [7, 11) is 0. The summed E-state index contributed by atoms with van der Waals surface area (Å²) >= 11 is 0. The average molecular weight is 381 g/mol. The largest absolute Gasteiger partial charge is 0.457 e. The normalized spacial score (nSPS) is 26.3. The fourth-order valence-electron chi connectivity index (χ4n) is 4.73. The number of benzene rings is 2. The molecule has 1 saturated carbocycles. The quantitative estimate of drug-likeness (QED) is 0.599. The molecular weight excluding hydrogens is 366 g/mol. The van der Waals surface area contributed by atoms with Gasteiger partial charge in [-0.25, -0.2) is 0 Å². The first-order chi connectivity index (χ1) is 14.1. The van der Waals surface area contributed by atoms with E-state index in [1.54, 1.807) is 30.3 Å². The van der Waals surface area contributed by atoms with Crippen LogP contribution in [0.5, 0.6) is 11.5 Å². The molecule has 2 fully saturated rings. The van der Waals surface area contributed by atoms with Crippen LogP contribution in [0.3, 0.4) is 0 Å². The minimum Gasteiger partial charge on any atom is -0.457 e. The van der Waals surface area contributed by atoms with Gasteiger partial charge in [-0.2, -0.15) is 10.5 Å². The van der Waals surface area contributed by atoms with Crippen LogP contribution in [0.4, 0.5) is 5.69 Å². The van der Waals surface area contributed by atoms with Crippen LogP contribution in [0.15, 0.2) is 54.6 Å². The first-order valence-electron chi connectivity index (χ1n) is 9.39. The summed E-state index contributed by atoms with van der Waals surface area (Å²) in [5.74, 6) is 0.613. The molecule has 2 aliphatic carbocycles. The number of carbonyl (C=O) groups excluding carboxylic acids is 2. The van der Waals surface area contributed by atoms with Crippen molar-refractivity contribution in [1.29, 1.82) is 10.5 Å². The average Bonchev–Trinajstić information content (AvgIpc) is 3.42. The highest BCUT2D eigenvalue weighted by Crippen LogP contribution is 2.53. The maximum atomic E-state index is 12.9. The number of imide groups is 1. The lowest BCUT2D eigenvalue weighted by Gasteiger charge is -2.17. The molecule has 1 heterocycles. The molecule has 5 rings (SSSR count). The molecule has 6 nitrogen and oxygen atoms in total. The number of amides is 2. The van der Waals surface area contributed by atoms with E-state index in [4.69, 9.17) is 15.3 Å². The zero-order valence-corrected chi connectivity index (χ0v) is 15.3. The van der Waals surface area contributed by atoms with Crippen molar-refractivity contribution in [2.75, 3.05) is 4.90 Å². The second-order valence-electron chi connectivity index (χ2n) is 7.54. The fraction of sp³-hybridized carbons (Fsp3) is 0.217. The lowest BCUT2D eigenvalue weighted by atomic mass is 9.85. The zero-order valence-electron chi connectivity index (χ0n) is 15.3. The van der Waals surface area contributed by atoms with Crippen molar-refractivity contribution in [2.24, 2.45) is 23.7 Å². The van der Waals surface area contributed by atoms with Crippen LogP contribution in [0, 0.1) is 46.3 Å². The minimum absolute atomic E-state index is 0.115. The number of allylic oxidation sites excluding steroid dienone is 2. The number of nitrogens with zero attached hydrogens (tertiary/aromatic N) is 3. The number of rotatable bonds is 3. The second-order valence-corrected chi connectivity index (χ2v) is 7.54. The van der Waals surface area contributed by atoms with Crippen molar-refractivity contribution in [3.63, 3.8) is 0 Å². The molecule has 6 heteroatoms. The number of hydrogen-bond acceptors (Lipinski definition) is 5. The van der Waals surface area contributed by atoms with Crippen molar-refractivity contribution in [3.8, 4) is 23.6 Å². The molecule has 1 aliphatic heterocycles. The molecule has 0 unspecified atom stereocenters. The minimum atomic E-state index is -0.225. The van der Waals surface area contributed by atoms with Gasteiger partial charge in [-0.3, -0.25) is 14.5 Å². The first-order valence-corrected chi connectivity index (χ1v) is 9.39. The van der Waals surface area contributed by atoms with E-state index in [9.17, 15) is 9.59 Å². The second kappa shape index (κ2) is 6.32. The van der Waals surface area contributed by atoms with Gasteiger partial charge in [-0.1, -0.05) is 12.2 Å². The molecule has 4 atom stereocenters. The third-order valence-electron chi connectivity index (χ3n) is 6.03. The maximum Gasteiger partial charge on any atom is 0.238 e. The molecule has 2 amide bonds. The summed E-state index contributed by atoms with van der Waals surface area (Å²) in [4.78, 5) is 27.1. The molecule has 2 aromatic carbocycles. The lowest BCUT2D eigenvalue weighted by Crippen LogP contribution is -2.32. The predicted molar refractivity (Wildman–Crippen MR) is 103 cm³/mol. The van der Waals surface area contributed by atoms with Gasteiger partial charge in [0.1, 0.15) is 23.6 Å². The van der Waals surface area contributed by atoms with Crippen LogP contribution in [0.25, 0.3) is 0 Å². The molecule has 0 N–H and O–H groups in total. The zero-order chi connectivity index (χ0) is 20.1. The van der Waals surface area contributed by atoms with E-state index in [1.807, 2.05) is 12.1 Å². The van der Waals surface area contributed by atoms with Crippen LogP contribution in [-0.4, -0.2) is 11.8 Å². The van der Waals surface area contributed by atoms with Crippen molar-refractivity contribution >= 4 is 17.5 Å². The van der Waals surface area contributed by atoms with Crippen LogP contribution >= 0.6 is 0 Å². The monoisotopic (exact) mass is 381 g/mol. The highest BCUT2D eigenvalue weighted by molar-refractivity contribution is 6.22. The van der Waals surface area contributed by atoms with Gasteiger partial charge < -0.3 is 4.74 Å². The van der Waals surface area contributed by atoms with Gasteiger partial charge in [0.2, 0.25) is 11.8 Å². The Balaban J connectivity index is 1.36. The number of ether oxygens (including phenoxy) is 1. The van der Waals surface area contributed by atoms with Gasteiger partial charge in [0.05, 0.1) is 28.7 Å². The number of carbonyl (C=O) groups is 2. The summed E-state index contributed by atoms with van der Waals surface area (Å²) < 4.78 is 5.75. The molecule has 29 heavy (non-hydrogen) atoms. The molecule has 2 aromatic rings. The first kappa shape index (κ1) is 17.2. The topological polar surface area (TPSA) is 94.2 Å². The smallest absolute Gasteiger partial charge is 0.238 e. The Hall–Kier alpha value is -3.90. The summed E-state index contributed by atoms with van der Waals surface area (Å²) in [6.07, 6.45) is 5.05. The van der Waals surface area contributed by atoms with E-state index < -0.39 is 0 Å². The summed E-state index contributed by atoms with van der Waals surface area (Å²) in [6.45, 7) is 0. The highest BCUT2D eigenvalue weighted by atomic mass is 16.5. The van der Waals surface area contributed by atoms with Crippen LogP contribution in [0.2, 0.25) is 0 Å². The number of nitriles is 2. The number of fused-ring (bicyclic) bond motifs is 5. The molecular formula is C23H15N3O3. The van der Waals surface area contributed by atoms with Gasteiger partial charge in [-0.15, -0.1) is 0 Å². The van der Waals surface area contributed by atoms with E-state index in [0.29, 0.717) is 17.2 Å². The Kier molecular flexibility index (Phi) is 3.75. The van der Waals surface area contributed by atoms with E-state index >= 15 is 0 Å². The van der Waals surface area contributed by atoms with Crippen LogP contribution in [-0.2, 0) is 9.59 Å². The Morgan fingerprint density at radius 2 is 1.41 bits per heavy atom.